The van der Waals surface area contributed by atoms with Gasteiger partial charge < -0.3 is 10.6 Å². The highest BCUT2D eigenvalue weighted by Crippen LogP contribution is 2.02. The topological polar surface area (TPSA) is 75.3 Å². The minimum Gasteiger partial charge on any atom is -0.351 e. The van der Waals surface area contributed by atoms with Crippen molar-refractivity contribution in [3.63, 3.8) is 0 Å². The first-order valence-corrected chi connectivity index (χ1v) is 8.53. The monoisotopic (exact) mass is 298 g/mol. The fraction of sp³-hybridized carbons (Fsp3) is 0.500. The van der Waals surface area contributed by atoms with Crippen LogP contribution in [0, 0.1) is 6.92 Å². The van der Waals surface area contributed by atoms with Crippen LogP contribution in [0.1, 0.15) is 22.8 Å². The lowest BCUT2D eigenvalue weighted by Gasteiger charge is -2.07. The molecule has 0 aliphatic rings. The summed E-state index contributed by atoms with van der Waals surface area (Å²) in [5.74, 6) is 0.182. The molecule has 2 N–H and O–H groups in total. The average molecular weight is 298 g/mol. The van der Waals surface area contributed by atoms with Gasteiger partial charge in [-0.25, -0.2) is 8.42 Å². The molecule has 0 heterocycles. The van der Waals surface area contributed by atoms with Crippen LogP contribution in [0.25, 0.3) is 0 Å². The van der Waals surface area contributed by atoms with Gasteiger partial charge in [0.2, 0.25) is 0 Å². The van der Waals surface area contributed by atoms with Crippen molar-refractivity contribution in [2.75, 3.05) is 31.1 Å². The van der Waals surface area contributed by atoms with Crippen LogP contribution in [0.2, 0.25) is 0 Å². The van der Waals surface area contributed by atoms with Crippen LogP contribution < -0.4 is 10.6 Å². The lowest BCUT2D eigenvalue weighted by Crippen LogP contribution is -2.33. The van der Waals surface area contributed by atoms with E-state index in [-0.39, 0.29) is 17.4 Å². The van der Waals surface area contributed by atoms with Crippen molar-refractivity contribution in [2.24, 2.45) is 0 Å². The van der Waals surface area contributed by atoms with Crippen molar-refractivity contribution in [3.05, 3.63) is 35.4 Å². The molecule has 0 aliphatic carbocycles. The maximum Gasteiger partial charge on any atom is 0.251 e. The second kappa shape index (κ2) is 8.01. The van der Waals surface area contributed by atoms with Gasteiger partial charge in [-0.15, -0.1) is 0 Å². The Morgan fingerprint density at radius 1 is 1.10 bits per heavy atom. The van der Waals surface area contributed by atoms with Crippen LogP contribution in [0.4, 0.5) is 0 Å². The Bertz CT molecular complexity index is 524. The molecule has 0 saturated carbocycles. The van der Waals surface area contributed by atoms with Gasteiger partial charge in [0.25, 0.3) is 5.91 Å². The summed E-state index contributed by atoms with van der Waals surface area (Å²) in [4.78, 5) is 11.8. The Labute approximate surface area is 120 Å². The molecular weight excluding hydrogens is 276 g/mol. The Balaban J connectivity index is 2.18. The maximum absolute atomic E-state index is 11.8. The highest BCUT2D eigenvalue weighted by atomic mass is 32.2. The molecule has 0 bridgehead atoms. The summed E-state index contributed by atoms with van der Waals surface area (Å²) in [6.45, 7) is 5.04. The number of amides is 1. The van der Waals surface area contributed by atoms with E-state index < -0.39 is 9.84 Å². The molecule has 5 nitrogen and oxygen atoms in total. The zero-order valence-corrected chi connectivity index (χ0v) is 12.8. The Kier molecular flexibility index (Phi) is 6.67. The Hall–Kier alpha value is -1.40. The summed E-state index contributed by atoms with van der Waals surface area (Å²) >= 11 is 0. The summed E-state index contributed by atoms with van der Waals surface area (Å²) in [6.07, 6.45) is 0. The number of carbonyl (C=O) groups excluding carboxylic acids is 1. The predicted molar refractivity (Wildman–Crippen MR) is 80.7 cm³/mol. The van der Waals surface area contributed by atoms with Gasteiger partial charge in [0, 0.05) is 31.0 Å². The maximum atomic E-state index is 11.8. The number of sulfone groups is 1. The van der Waals surface area contributed by atoms with Crippen molar-refractivity contribution in [1.82, 2.24) is 10.6 Å². The Morgan fingerprint density at radius 3 is 2.35 bits per heavy atom. The molecule has 1 rings (SSSR count). The van der Waals surface area contributed by atoms with E-state index in [4.69, 9.17) is 0 Å². The molecule has 20 heavy (non-hydrogen) atoms. The first-order valence-electron chi connectivity index (χ1n) is 6.70. The number of rotatable bonds is 8. The average Bonchev–Trinajstić information content (AvgIpc) is 2.43. The van der Waals surface area contributed by atoms with Crippen LogP contribution in [0.5, 0.6) is 0 Å². The molecular formula is C14H22N2O3S. The number of benzene rings is 1. The number of nitrogens with one attached hydrogen (secondary N) is 2. The number of hydrogen-bond donors (Lipinski definition) is 2. The van der Waals surface area contributed by atoms with Crippen LogP contribution in [0.3, 0.4) is 0 Å². The number of carbonyl (C=O) groups is 1. The van der Waals surface area contributed by atoms with Crippen molar-refractivity contribution in [1.29, 1.82) is 0 Å². The summed E-state index contributed by atoms with van der Waals surface area (Å²) in [6, 6.07) is 7.35. The second-order valence-electron chi connectivity index (χ2n) is 4.61. The molecule has 6 heteroatoms. The van der Waals surface area contributed by atoms with E-state index in [9.17, 15) is 13.2 Å². The van der Waals surface area contributed by atoms with E-state index in [1.807, 2.05) is 19.1 Å². The van der Waals surface area contributed by atoms with Gasteiger partial charge in [0.1, 0.15) is 0 Å². The zero-order chi connectivity index (χ0) is 15.0. The molecule has 0 saturated heterocycles. The minimum absolute atomic E-state index is 0.118. The first kappa shape index (κ1) is 16.7. The lowest BCUT2D eigenvalue weighted by atomic mass is 10.1. The first-order chi connectivity index (χ1) is 9.44. The largest absolute Gasteiger partial charge is 0.351 e. The number of aryl methyl sites for hydroxylation is 1. The van der Waals surface area contributed by atoms with Crippen molar-refractivity contribution in [3.8, 4) is 0 Å². The molecule has 1 aromatic rings. The molecule has 0 aliphatic heterocycles. The summed E-state index contributed by atoms with van der Waals surface area (Å²) in [5.41, 5.74) is 1.74. The summed E-state index contributed by atoms with van der Waals surface area (Å²) in [7, 11) is -2.92. The number of hydrogen-bond acceptors (Lipinski definition) is 4. The molecule has 0 aromatic heterocycles. The van der Waals surface area contributed by atoms with E-state index in [0.717, 1.165) is 5.56 Å². The van der Waals surface area contributed by atoms with Crippen LogP contribution in [0.15, 0.2) is 24.3 Å². The molecule has 0 unspecified atom stereocenters. The molecule has 1 amide bonds. The third-order valence-corrected chi connectivity index (χ3v) is 4.64. The van der Waals surface area contributed by atoms with Gasteiger partial charge in [-0.1, -0.05) is 24.6 Å². The summed E-state index contributed by atoms with van der Waals surface area (Å²) in [5, 5.41) is 5.78. The van der Waals surface area contributed by atoms with Crippen molar-refractivity contribution >= 4 is 15.7 Å². The van der Waals surface area contributed by atoms with Gasteiger partial charge in [-0.05, 0) is 19.1 Å². The fourth-order valence-electron chi connectivity index (χ4n) is 1.57. The van der Waals surface area contributed by atoms with Gasteiger partial charge >= 0.3 is 0 Å². The molecule has 112 valence electrons. The third-order valence-electron chi connectivity index (χ3n) is 2.93. The lowest BCUT2D eigenvalue weighted by molar-refractivity contribution is 0.0954. The quantitative estimate of drug-likeness (QED) is 0.695. The molecule has 0 atom stereocenters. The SMILES string of the molecule is CCS(=O)(=O)CCNCCNC(=O)c1ccc(C)cc1. The van der Waals surface area contributed by atoms with E-state index in [1.54, 1.807) is 19.1 Å². The standard InChI is InChI=1S/C14H22N2O3S/c1-3-20(18,19)11-10-15-8-9-16-14(17)13-6-4-12(2)5-7-13/h4-7,15H,3,8-11H2,1-2H3,(H,16,17). The third kappa shape index (κ3) is 6.16. The second-order valence-corrected chi connectivity index (χ2v) is 7.08. The molecule has 0 radical (unpaired) electrons. The smallest absolute Gasteiger partial charge is 0.251 e. The van der Waals surface area contributed by atoms with Crippen LogP contribution >= 0.6 is 0 Å². The fourth-order valence-corrected chi connectivity index (χ4v) is 2.31. The van der Waals surface area contributed by atoms with E-state index in [1.165, 1.54) is 0 Å². The van der Waals surface area contributed by atoms with E-state index in [2.05, 4.69) is 10.6 Å². The molecule has 1 aromatic carbocycles. The highest BCUT2D eigenvalue weighted by molar-refractivity contribution is 7.91. The van der Waals surface area contributed by atoms with Gasteiger partial charge in [-0.3, -0.25) is 4.79 Å². The molecule has 0 fully saturated rings. The van der Waals surface area contributed by atoms with Gasteiger partial charge in [0.15, 0.2) is 9.84 Å². The van der Waals surface area contributed by atoms with E-state index in [0.29, 0.717) is 25.2 Å². The predicted octanol–water partition coefficient (Wildman–Crippen LogP) is 0.749. The highest BCUT2D eigenvalue weighted by Gasteiger charge is 2.06. The van der Waals surface area contributed by atoms with E-state index >= 15 is 0 Å². The zero-order valence-electron chi connectivity index (χ0n) is 12.0. The van der Waals surface area contributed by atoms with Crippen molar-refractivity contribution in [2.45, 2.75) is 13.8 Å². The van der Waals surface area contributed by atoms with Crippen LogP contribution in [-0.4, -0.2) is 45.5 Å². The van der Waals surface area contributed by atoms with Crippen LogP contribution in [-0.2, 0) is 9.84 Å². The summed E-state index contributed by atoms with van der Waals surface area (Å²) < 4.78 is 22.5. The van der Waals surface area contributed by atoms with Crippen molar-refractivity contribution < 1.29 is 13.2 Å². The van der Waals surface area contributed by atoms with Gasteiger partial charge in [-0.2, -0.15) is 0 Å². The molecule has 0 spiro atoms. The van der Waals surface area contributed by atoms with Gasteiger partial charge in [0.05, 0.1) is 5.75 Å². The Morgan fingerprint density at radius 2 is 1.75 bits per heavy atom. The minimum atomic E-state index is -2.92. The normalized spacial score (nSPS) is 11.3.